The molecule has 0 aliphatic rings. The van der Waals surface area contributed by atoms with Crippen LogP contribution in [0.1, 0.15) is 24.5 Å². The number of hydrogen-bond donors (Lipinski definition) is 0. The van der Waals surface area contributed by atoms with Crippen LogP contribution in [0.2, 0.25) is 0 Å². The van der Waals surface area contributed by atoms with E-state index in [1.54, 1.807) is 15.9 Å². The molecule has 0 spiro atoms. The highest BCUT2D eigenvalue weighted by molar-refractivity contribution is 7.18. The summed E-state index contributed by atoms with van der Waals surface area (Å²) < 4.78 is 1.73. The van der Waals surface area contributed by atoms with Crippen LogP contribution < -0.4 is 0 Å². The second kappa shape index (κ2) is 3.48. The van der Waals surface area contributed by atoms with E-state index in [1.165, 1.54) is 4.88 Å². The Hall–Kier alpha value is -1.56. The molecular formula is C10H11N5S. The van der Waals surface area contributed by atoms with Crippen molar-refractivity contribution in [1.29, 1.82) is 0 Å². The first-order chi connectivity index (χ1) is 7.83. The maximum absolute atomic E-state index is 4.60. The number of tetrazole rings is 1. The Balaban J connectivity index is 2.46. The molecule has 6 heteroatoms. The van der Waals surface area contributed by atoms with E-state index < -0.39 is 0 Å². The van der Waals surface area contributed by atoms with Crippen molar-refractivity contribution in [2.24, 2.45) is 0 Å². The molecule has 5 nitrogen and oxygen atoms in total. The number of nitrogens with zero attached hydrogens (tertiary/aromatic N) is 5. The lowest BCUT2D eigenvalue weighted by Crippen LogP contribution is -2.00. The second-order valence-corrected chi connectivity index (χ2v) is 4.70. The molecule has 0 amide bonds. The summed E-state index contributed by atoms with van der Waals surface area (Å²) >= 11 is 1.73. The Bertz CT molecular complexity index is 654. The largest absolute Gasteiger partial charge is 0.222 e. The first-order valence-corrected chi connectivity index (χ1v) is 6.14. The fraction of sp³-hybridized carbons (Fsp3) is 0.400. The molecule has 0 N–H and O–H groups in total. The topological polar surface area (TPSA) is 56.0 Å². The quantitative estimate of drug-likeness (QED) is 0.678. The van der Waals surface area contributed by atoms with E-state index in [4.69, 9.17) is 0 Å². The van der Waals surface area contributed by atoms with Gasteiger partial charge in [-0.05, 0) is 22.9 Å². The Morgan fingerprint density at radius 2 is 2.19 bits per heavy atom. The SMILES string of the molecule is CCc1cc2c(nc(CC)n3nnnc23)s1. The maximum atomic E-state index is 4.60. The highest BCUT2D eigenvalue weighted by Crippen LogP contribution is 2.27. The molecule has 82 valence electrons. The monoisotopic (exact) mass is 233 g/mol. The van der Waals surface area contributed by atoms with Crippen LogP contribution in [-0.4, -0.2) is 25.0 Å². The first kappa shape index (κ1) is 9.65. The molecule has 0 fully saturated rings. The molecule has 0 saturated carbocycles. The molecule has 0 aromatic carbocycles. The molecule has 3 rings (SSSR count). The molecule has 0 aliphatic carbocycles. The summed E-state index contributed by atoms with van der Waals surface area (Å²) in [6.45, 7) is 4.20. The summed E-state index contributed by atoms with van der Waals surface area (Å²) in [6.07, 6.45) is 1.85. The number of rotatable bonds is 2. The fourth-order valence-electron chi connectivity index (χ4n) is 1.77. The van der Waals surface area contributed by atoms with Gasteiger partial charge in [0, 0.05) is 11.3 Å². The van der Waals surface area contributed by atoms with Crippen molar-refractivity contribution in [3.05, 3.63) is 16.8 Å². The van der Waals surface area contributed by atoms with Crippen molar-refractivity contribution in [1.82, 2.24) is 25.0 Å². The third-order valence-electron chi connectivity index (χ3n) is 2.61. The van der Waals surface area contributed by atoms with Gasteiger partial charge in [-0.15, -0.1) is 16.4 Å². The van der Waals surface area contributed by atoms with Crippen molar-refractivity contribution in [3.8, 4) is 0 Å². The summed E-state index contributed by atoms with van der Waals surface area (Å²) in [5.74, 6) is 0.914. The maximum Gasteiger partial charge on any atom is 0.191 e. The van der Waals surface area contributed by atoms with Crippen molar-refractivity contribution < 1.29 is 0 Å². The lowest BCUT2D eigenvalue weighted by molar-refractivity contribution is 0.761. The van der Waals surface area contributed by atoms with E-state index in [2.05, 4.69) is 40.4 Å². The average molecular weight is 233 g/mol. The zero-order valence-corrected chi connectivity index (χ0v) is 9.95. The van der Waals surface area contributed by atoms with Gasteiger partial charge < -0.3 is 0 Å². The van der Waals surface area contributed by atoms with Crippen LogP contribution in [0.15, 0.2) is 6.07 Å². The molecule has 3 aromatic heterocycles. The van der Waals surface area contributed by atoms with Gasteiger partial charge in [0.2, 0.25) is 0 Å². The van der Waals surface area contributed by atoms with Crippen LogP contribution in [0, 0.1) is 0 Å². The van der Waals surface area contributed by atoms with E-state index >= 15 is 0 Å². The smallest absolute Gasteiger partial charge is 0.191 e. The van der Waals surface area contributed by atoms with Gasteiger partial charge in [0.25, 0.3) is 0 Å². The van der Waals surface area contributed by atoms with E-state index in [-0.39, 0.29) is 0 Å². The molecule has 0 radical (unpaired) electrons. The number of aryl methyl sites for hydroxylation is 2. The third kappa shape index (κ3) is 1.23. The van der Waals surface area contributed by atoms with Gasteiger partial charge in [-0.25, -0.2) is 4.98 Å². The van der Waals surface area contributed by atoms with Gasteiger partial charge in [-0.1, -0.05) is 13.8 Å². The van der Waals surface area contributed by atoms with Crippen molar-refractivity contribution in [2.45, 2.75) is 26.7 Å². The molecule has 0 unspecified atom stereocenters. The van der Waals surface area contributed by atoms with Crippen molar-refractivity contribution in [2.75, 3.05) is 0 Å². The van der Waals surface area contributed by atoms with Gasteiger partial charge >= 0.3 is 0 Å². The molecule has 3 aromatic rings. The number of aromatic nitrogens is 5. The minimum atomic E-state index is 0.817. The summed E-state index contributed by atoms with van der Waals surface area (Å²) in [7, 11) is 0. The van der Waals surface area contributed by atoms with Crippen LogP contribution in [0.3, 0.4) is 0 Å². The molecule has 0 bridgehead atoms. The second-order valence-electron chi connectivity index (χ2n) is 3.58. The first-order valence-electron chi connectivity index (χ1n) is 5.32. The van der Waals surface area contributed by atoms with E-state index in [1.807, 2.05) is 0 Å². The molecule has 0 aliphatic heterocycles. The summed E-state index contributed by atoms with van der Waals surface area (Å²) in [6, 6.07) is 2.14. The summed E-state index contributed by atoms with van der Waals surface area (Å²) in [5, 5.41) is 12.8. The lowest BCUT2D eigenvalue weighted by Gasteiger charge is -1.98. The average Bonchev–Trinajstić information content (AvgIpc) is 2.92. The zero-order valence-electron chi connectivity index (χ0n) is 9.14. The minimum Gasteiger partial charge on any atom is -0.222 e. The number of fused-ring (bicyclic) bond motifs is 3. The molecule has 3 heterocycles. The Labute approximate surface area is 96.1 Å². The van der Waals surface area contributed by atoms with E-state index in [9.17, 15) is 0 Å². The summed E-state index contributed by atoms with van der Waals surface area (Å²) in [4.78, 5) is 6.96. The highest BCUT2D eigenvalue weighted by atomic mass is 32.1. The molecular weight excluding hydrogens is 222 g/mol. The van der Waals surface area contributed by atoms with Gasteiger partial charge in [0.05, 0.1) is 5.39 Å². The predicted octanol–water partition coefficient (Wildman–Crippen LogP) is 1.86. The van der Waals surface area contributed by atoms with Crippen molar-refractivity contribution in [3.63, 3.8) is 0 Å². The van der Waals surface area contributed by atoms with E-state index in [0.29, 0.717) is 0 Å². The van der Waals surface area contributed by atoms with Gasteiger partial charge in [-0.2, -0.15) is 4.52 Å². The van der Waals surface area contributed by atoms with Crippen LogP contribution in [0.5, 0.6) is 0 Å². The third-order valence-corrected chi connectivity index (χ3v) is 3.79. The number of thiophene rings is 1. The fourth-order valence-corrected chi connectivity index (χ4v) is 2.75. The van der Waals surface area contributed by atoms with Gasteiger partial charge in [0.1, 0.15) is 10.7 Å². The molecule has 16 heavy (non-hydrogen) atoms. The van der Waals surface area contributed by atoms with Crippen LogP contribution >= 0.6 is 11.3 Å². The normalized spacial score (nSPS) is 11.6. The Morgan fingerprint density at radius 3 is 2.94 bits per heavy atom. The number of hydrogen-bond acceptors (Lipinski definition) is 5. The van der Waals surface area contributed by atoms with Crippen LogP contribution in [-0.2, 0) is 12.8 Å². The summed E-state index contributed by atoms with van der Waals surface area (Å²) in [5.41, 5.74) is 0.817. The predicted molar refractivity (Wildman–Crippen MR) is 62.7 cm³/mol. The Morgan fingerprint density at radius 1 is 1.31 bits per heavy atom. The zero-order chi connectivity index (χ0) is 11.1. The van der Waals surface area contributed by atoms with Crippen LogP contribution in [0.4, 0.5) is 0 Å². The minimum absolute atomic E-state index is 0.817. The molecule has 0 atom stereocenters. The van der Waals surface area contributed by atoms with Gasteiger partial charge in [0.15, 0.2) is 5.65 Å². The molecule has 0 saturated heterocycles. The Kier molecular flexibility index (Phi) is 2.10. The van der Waals surface area contributed by atoms with Gasteiger partial charge in [-0.3, -0.25) is 0 Å². The van der Waals surface area contributed by atoms with Crippen LogP contribution in [0.25, 0.3) is 15.9 Å². The van der Waals surface area contributed by atoms with Crippen molar-refractivity contribution >= 4 is 27.2 Å². The highest BCUT2D eigenvalue weighted by Gasteiger charge is 2.12. The lowest BCUT2D eigenvalue weighted by atomic mass is 10.3. The van der Waals surface area contributed by atoms with E-state index in [0.717, 1.165) is 34.5 Å². The standard InChI is InChI=1S/C10H11N5S/c1-3-6-5-7-9-12-13-14-15(9)8(4-2)11-10(7)16-6/h5H,3-4H2,1-2H3.